The fourth-order valence-electron chi connectivity index (χ4n) is 4.93. The van der Waals surface area contributed by atoms with Crippen LogP contribution in [0.15, 0.2) is 43.0 Å². The lowest BCUT2D eigenvalue weighted by atomic mass is 9.99. The summed E-state index contributed by atoms with van der Waals surface area (Å²) in [6.45, 7) is 9.51. The van der Waals surface area contributed by atoms with E-state index in [1.165, 1.54) is 17.4 Å². The highest BCUT2D eigenvalue weighted by Gasteiger charge is 2.39. The number of fused-ring (bicyclic) bond motifs is 1. The number of carbonyl (C=O) groups excluding carboxylic acids is 2. The van der Waals surface area contributed by atoms with E-state index in [1.54, 1.807) is 6.07 Å². The molecule has 4 rings (SSSR count). The summed E-state index contributed by atoms with van der Waals surface area (Å²) in [7, 11) is 0. The summed E-state index contributed by atoms with van der Waals surface area (Å²) in [4.78, 5) is 30.5. The second-order valence-corrected chi connectivity index (χ2v) is 8.93. The molecule has 2 aliphatic rings. The standard InChI is InChI=1S/C26H33N5O3/c1-3-28-25(33)24-19-10-6-5-9-18(19)16-31(24)26(34)21-13-20(22(29-27)14-23(21)32)17(2)15-30-11-7-4-8-12-30/h5-6,9-10,13-14,24,29,32H,2-4,7-8,11-12,15-16,27H2,1H3,(H,28,33). The van der Waals surface area contributed by atoms with E-state index in [9.17, 15) is 14.7 Å². The van der Waals surface area contributed by atoms with Crippen molar-refractivity contribution in [2.45, 2.75) is 38.8 Å². The molecule has 0 bridgehead atoms. The van der Waals surface area contributed by atoms with Crippen molar-refractivity contribution in [3.05, 3.63) is 65.2 Å². The maximum Gasteiger partial charge on any atom is 0.258 e. The molecular formula is C26H33N5O3. The lowest BCUT2D eigenvalue weighted by molar-refractivity contribution is -0.125. The van der Waals surface area contributed by atoms with E-state index in [0.29, 0.717) is 24.3 Å². The summed E-state index contributed by atoms with van der Waals surface area (Å²) < 4.78 is 0. The maximum atomic E-state index is 13.7. The van der Waals surface area contributed by atoms with Gasteiger partial charge in [-0.15, -0.1) is 0 Å². The number of likely N-dealkylation sites (N-methyl/N-ethyl adjacent to an activating group) is 1. The number of benzene rings is 2. The Morgan fingerprint density at radius 2 is 1.88 bits per heavy atom. The lowest BCUT2D eigenvalue weighted by Gasteiger charge is -2.28. The molecule has 2 aromatic carbocycles. The van der Waals surface area contributed by atoms with Gasteiger partial charge in [0.05, 0.1) is 11.3 Å². The Morgan fingerprint density at radius 1 is 1.15 bits per heavy atom. The zero-order valence-corrected chi connectivity index (χ0v) is 19.6. The van der Waals surface area contributed by atoms with Crippen LogP contribution in [0.5, 0.6) is 5.75 Å². The van der Waals surface area contributed by atoms with Crippen LogP contribution in [0.2, 0.25) is 0 Å². The second-order valence-electron chi connectivity index (χ2n) is 8.93. The normalized spacial score (nSPS) is 17.8. The number of hydrogen-bond acceptors (Lipinski definition) is 6. The number of phenols is 1. The summed E-state index contributed by atoms with van der Waals surface area (Å²) in [5.41, 5.74) is 6.46. The monoisotopic (exact) mass is 463 g/mol. The van der Waals surface area contributed by atoms with Crippen molar-refractivity contribution in [3.8, 4) is 5.75 Å². The van der Waals surface area contributed by atoms with Crippen molar-refractivity contribution in [2.24, 2.45) is 5.84 Å². The number of anilines is 1. The molecule has 2 aromatic rings. The topological polar surface area (TPSA) is 111 Å². The van der Waals surface area contributed by atoms with E-state index in [0.717, 1.165) is 42.6 Å². The van der Waals surface area contributed by atoms with Gasteiger partial charge in [0.15, 0.2) is 0 Å². The summed E-state index contributed by atoms with van der Waals surface area (Å²) >= 11 is 0. The first-order chi connectivity index (χ1) is 16.4. The molecule has 0 saturated carbocycles. The van der Waals surface area contributed by atoms with Gasteiger partial charge < -0.3 is 20.7 Å². The van der Waals surface area contributed by atoms with E-state index in [-0.39, 0.29) is 23.8 Å². The molecule has 0 spiro atoms. The van der Waals surface area contributed by atoms with Crippen LogP contribution in [0.3, 0.4) is 0 Å². The van der Waals surface area contributed by atoms with Gasteiger partial charge in [-0.1, -0.05) is 37.3 Å². The average Bonchev–Trinajstić information content (AvgIpc) is 3.24. The van der Waals surface area contributed by atoms with Crippen molar-refractivity contribution in [2.75, 3.05) is 31.6 Å². The summed E-state index contributed by atoms with van der Waals surface area (Å²) in [5.74, 6) is 4.87. The van der Waals surface area contributed by atoms with Gasteiger partial charge in [-0.05, 0) is 55.6 Å². The van der Waals surface area contributed by atoms with Crippen LogP contribution in [-0.4, -0.2) is 52.9 Å². The zero-order valence-electron chi connectivity index (χ0n) is 19.6. The number of hydrazine groups is 1. The van der Waals surface area contributed by atoms with Gasteiger partial charge in [0.25, 0.3) is 5.91 Å². The van der Waals surface area contributed by atoms with Crippen molar-refractivity contribution in [1.82, 2.24) is 15.1 Å². The number of piperidine rings is 1. The number of hydrogen-bond donors (Lipinski definition) is 4. The molecule has 0 aliphatic carbocycles. The zero-order chi connectivity index (χ0) is 24.2. The number of amides is 2. The molecule has 1 saturated heterocycles. The molecule has 180 valence electrons. The SMILES string of the molecule is C=C(CN1CCCCC1)c1cc(C(=O)N2Cc3ccccc3C2C(=O)NCC)c(O)cc1NN. The molecule has 0 radical (unpaired) electrons. The van der Waals surface area contributed by atoms with E-state index in [1.807, 2.05) is 31.2 Å². The van der Waals surface area contributed by atoms with Gasteiger partial charge >= 0.3 is 0 Å². The number of phenolic OH excluding ortho intramolecular Hbond substituents is 1. The molecular weight excluding hydrogens is 430 g/mol. The highest BCUT2D eigenvalue weighted by Crippen LogP contribution is 2.38. The predicted octanol–water partition coefficient (Wildman–Crippen LogP) is 3.01. The van der Waals surface area contributed by atoms with E-state index in [4.69, 9.17) is 5.84 Å². The number of nitrogen functional groups attached to an aromatic ring is 1. The number of carbonyl (C=O) groups is 2. The van der Waals surface area contributed by atoms with Crippen LogP contribution < -0.4 is 16.6 Å². The summed E-state index contributed by atoms with van der Waals surface area (Å²) in [6, 6.07) is 9.88. The van der Waals surface area contributed by atoms with Crippen LogP contribution in [-0.2, 0) is 11.3 Å². The first-order valence-electron chi connectivity index (χ1n) is 11.8. The number of nitrogens with zero attached hydrogens (tertiary/aromatic N) is 2. The predicted molar refractivity (Wildman–Crippen MR) is 133 cm³/mol. The molecule has 1 fully saturated rings. The Hall–Kier alpha value is -3.36. The molecule has 34 heavy (non-hydrogen) atoms. The molecule has 8 heteroatoms. The number of nitrogens with one attached hydrogen (secondary N) is 2. The van der Waals surface area contributed by atoms with Crippen molar-refractivity contribution < 1.29 is 14.7 Å². The van der Waals surface area contributed by atoms with Crippen molar-refractivity contribution in [1.29, 1.82) is 0 Å². The summed E-state index contributed by atoms with van der Waals surface area (Å²) in [6.07, 6.45) is 3.55. The van der Waals surface area contributed by atoms with Gasteiger partial charge in [0, 0.05) is 31.3 Å². The third-order valence-corrected chi connectivity index (χ3v) is 6.63. The van der Waals surface area contributed by atoms with Gasteiger partial charge in [0.1, 0.15) is 11.8 Å². The Balaban J connectivity index is 1.66. The highest BCUT2D eigenvalue weighted by atomic mass is 16.3. The third kappa shape index (κ3) is 4.64. The van der Waals surface area contributed by atoms with E-state index >= 15 is 0 Å². The van der Waals surface area contributed by atoms with E-state index in [2.05, 4.69) is 22.2 Å². The maximum absolute atomic E-state index is 13.7. The van der Waals surface area contributed by atoms with Crippen LogP contribution in [0.4, 0.5) is 5.69 Å². The minimum Gasteiger partial charge on any atom is -0.507 e. The van der Waals surface area contributed by atoms with Crippen molar-refractivity contribution >= 4 is 23.1 Å². The minimum atomic E-state index is -0.754. The molecule has 1 atom stereocenters. The van der Waals surface area contributed by atoms with E-state index < -0.39 is 11.9 Å². The molecule has 1 unspecified atom stereocenters. The third-order valence-electron chi connectivity index (χ3n) is 6.63. The summed E-state index contributed by atoms with van der Waals surface area (Å²) in [5, 5.41) is 13.6. The smallest absolute Gasteiger partial charge is 0.258 e. The molecule has 2 aliphatic heterocycles. The van der Waals surface area contributed by atoms with Crippen molar-refractivity contribution in [3.63, 3.8) is 0 Å². The average molecular weight is 464 g/mol. The van der Waals surface area contributed by atoms with Crippen LogP contribution in [0.1, 0.15) is 59.3 Å². The highest BCUT2D eigenvalue weighted by molar-refractivity contribution is 6.02. The largest absolute Gasteiger partial charge is 0.507 e. The first-order valence-corrected chi connectivity index (χ1v) is 11.8. The van der Waals surface area contributed by atoms with Gasteiger partial charge in [0.2, 0.25) is 5.91 Å². The number of nitrogens with two attached hydrogens (primary N) is 1. The molecule has 0 aromatic heterocycles. The molecule has 2 amide bonds. The van der Waals surface area contributed by atoms with Crippen LogP contribution >= 0.6 is 0 Å². The molecule has 2 heterocycles. The minimum absolute atomic E-state index is 0.121. The first kappa shape index (κ1) is 23.8. The quantitative estimate of drug-likeness (QED) is 0.371. The molecule has 8 nitrogen and oxygen atoms in total. The van der Waals surface area contributed by atoms with Gasteiger partial charge in [-0.3, -0.25) is 20.3 Å². The second kappa shape index (κ2) is 10.3. The Morgan fingerprint density at radius 3 is 2.59 bits per heavy atom. The fraction of sp³-hybridized carbons (Fsp3) is 0.385. The fourth-order valence-corrected chi connectivity index (χ4v) is 4.93. The van der Waals surface area contributed by atoms with Gasteiger partial charge in [-0.25, -0.2) is 0 Å². The molecule has 5 N–H and O–H groups in total. The Kier molecular flexibility index (Phi) is 7.19. The number of aromatic hydroxyl groups is 1. The Bertz CT molecular complexity index is 1090. The van der Waals surface area contributed by atoms with Crippen LogP contribution in [0.25, 0.3) is 5.57 Å². The Labute approximate surface area is 200 Å². The number of likely N-dealkylation sites (tertiary alicyclic amines) is 1. The van der Waals surface area contributed by atoms with Crippen LogP contribution in [0, 0.1) is 0 Å². The number of rotatable bonds is 7. The lowest BCUT2D eigenvalue weighted by Crippen LogP contribution is -2.40. The van der Waals surface area contributed by atoms with Gasteiger partial charge in [-0.2, -0.15) is 0 Å².